The number of nitrogens with one attached hydrogen (secondary N) is 2. The average Bonchev–Trinajstić information content (AvgIpc) is 3.04. The standard InChI is InChI=1S/C19H28N6O.HI/c1-5-20-19(21-11-10-16-13-23-25(4)14-16)22-12-15-6-8-17(9-7-15)18(26)24(2)3;/h6-9,13-14H,5,10-12H2,1-4H3,(H2,20,21,22);1H. The maximum Gasteiger partial charge on any atom is 0.253 e. The molecule has 148 valence electrons. The number of aryl methyl sites for hydroxylation is 1. The third-order valence-electron chi connectivity index (χ3n) is 3.84. The fourth-order valence-electron chi connectivity index (χ4n) is 2.45. The minimum atomic E-state index is 0. The maximum atomic E-state index is 11.9. The molecule has 0 bridgehead atoms. The van der Waals surface area contributed by atoms with Crippen molar-refractivity contribution in [1.29, 1.82) is 0 Å². The predicted octanol–water partition coefficient (Wildman–Crippen LogP) is 2.04. The van der Waals surface area contributed by atoms with E-state index >= 15 is 0 Å². The first-order valence-electron chi connectivity index (χ1n) is 8.80. The van der Waals surface area contributed by atoms with Gasteiger partial charge in [-0.3, -0.25) is 9.48 Å². The van der Waals surface area contributed by atoms with Crippen LogP contribution in [0, 0.1) is 0 Å². The summed E-state index contributed by atoms with van der Waals surface area (Å²) in [4.78, 5) is 18.1. The number of carbonyl (C=O) groups excluding carboxylic acids is 1. The Morgan fingerprint density at radius 2 is 1.89 bits per heavy atom. The molecule has 1 aromatic carbocycles. The van der Waals surface area contributed by atoms with Gasteiger partial charge in [-0.15, -0.1) is 24.0 Å². The second kappa shape index (κ2) is 11.6. The molecule has 0 aliphatic heterocycles. The smallest absolute Gasteiger partial charge is 0.253 e. The summed E-state index contributed by atoms with van der Waals surface area (Å²) in [5.41, 5.74) is 2.94. The van der Waals surface area contributed by atoms with Gasteiger partial charge in [-0.2, -0.15) is 5.10 Å². The van der Waals surface area contributed by atoms with Crippen LogP contribution in [0.1, 0.15) is 28.4 Å². The van der Waals surface area contributed by atoms with Crippen LogP contribution in [0.25, 0.3) is 0 Å². The van der Waals surface area contributed by atoms with Gasteiger partial charge >= 0.3 is 0 Å². The number of carbonyl (C=O) groups is 1. The van der Waals surface area contributed by atoms with Gasteiger partial charge in [-0.25, -0.2) is 4.99 Å². The maximum absolute atomic E-state index is 11.9. The highest BCUT2D eigenvalue weighted by molar-refractivity contribution is 14.0. The summed E-state index contributed by atoms with van der Waals surface area (Å²) in [6.07, 6.45) is 4.78. The van der Waals surface area contributed by atoms with Gasteiger partial charge in [0.2, 0.25) is 0 Å². The number of nitrogens with zero attached hydrogens (tertiary/aromatic N) is 4. The van der Waals surface area contributed by atoms with Crippen LogP contribution in [0.5, 0.6) is 0 Å². The van der Waals surface area contributed by atoms with Crippen molar-refractivity contribution < 1.29 is 4.79 Å². The Bertz CT molecular complexity index is 739. The molecule has 0 aliphatic carbocycles. The van der Waals surface area contributed by atoms with Crippen molar-refractivity contribution in [2.75, 3.05) is 27.2 Å². The van der Waals surface area contributed by atoms with E-state index in [0.717, 1.165) is 31.0 Å². The number of guanidine groups is 1. The molecule has 8 heteroatoms. The number of amides is 1. The molecule has 7 nitrogen and oxygen atoms in total. The molecule has 1 amide bonds. The molecule has 0 spiro atoms. The predicted molar refractivity (Wildman–Crippen MR) is 120 cm³/mol. The number of aromatic nitrogens is 2. The molecule has 0 fully saturated rings. The van der Waals surface area contributed by atoms with Gasteiger partial charge in [-0.1, -0.05) is 12.1 Å². The number of rotatable bonds is 7. The molecular formula is C19H29IN6O. The quantitative estimate of drug-likeness (QED) is 0.359. The SMILES string of the molecule is CCNC(=NCc1ccc(C(=O)N(C)C)cc1)NCCc1cnn(C)c1.I. The van der Waals surface area contributed by atoms with E-state index in [-0.39, 0.29) is 29.9 Å². The Morgan fingerprint density at radius 1 is 1.19 bits per heavy atom. The van der Waals surface area contributed by atoms with E-state index in [1.165, 1.54) is 5.56 Å². The summed E-state index contributed by atoms with van der Waals surface area (Å²) in [7, 11) is 5.42. The minimum absolute atomic E-state index is 0. The van der Waals surface area contributed by atoms with Gasteiger partial charge in [0, 0.05) is 46.0 Å². The van der Waals surface area contributed by atoms with Crippen LogP contribution in [-0.4, -0.2) is 53.7 Å². The molecule has 0 unspecified atom stereocenters. The van der Waals surface area contributed by atoms with Crippen molar-refractivity contribution in [3.05, 3.63) is 53.3 Å². The van der Waals surface area contributed by atoms with E-state index in [1.54, 1.807) is 23.7 Å². The number of hydrogen-bond acceptors (Lipinski definition) is 3. The van der Waals surface area contributed by atoms with Crippen LogP contribution in [0.2, 0.25) is 0 Å². The van der Waals surface area contributed by atoms with Crippen molar-refractivity contribution in [2.24, 2.45) is 12.0 Å². The molecule has 0 saturated carbocycles. The summed E-state index contributed by atoms with van der Waals surface area (Å²) in [5, 5.41) is 10.8. The molecular weight excluding hydrogens is 455 g/mol. The summed E-state index contributed by atoms with van der Waals surface area (Å²) in [5.74, 6) is 0.787. The van der Waals surface area contributed by atoms with E-state index in [0.29, 0.717) is 12.1 Å². The van der Waals surface area contributed by atoms with Crippen molar-refractivity contribution >= 4 is 35.8 Å². The van der Waals surface area contributed by atoms with Crippen LogP contribution < -0.4 is 10.6 Å². The second-order valence-corrected chi connectivity index (χ2v) is 6.29. The zero-order chi connectivity index (χ0) is 18.9. The van der Waals surface area contributed by atoms with Gasteiger partial charge < -0.3 is 15.5 Å². The molecule has 0 radical (unpaired) electrons. The van der Waals surface area contributed by atoms with Crippen LogP contribution in [0.4, 0.5) is 0 Å². The van der Waals surface area contributed by atoms with Crippen LogP contribution in [0.15, 0.2) is 41.7 Å². The highest BCUT2D eigenvalue weighted by atomic mass is 127. The number of halogens is 1. The van der Waals surface area contributed by atoms with E-state index in [9.17, 15) is 4.79 Å². The van der Waals surface area contributed by atoms with Gasteiger partial charge in [0.05, 0.1) is 12.7 Å². The van der Waals surface area contributed by atoms with E-state index in [1.807, 2.05) is 50.6 Å². The summed E-state index contributed by atoms with van der Waals surface area (Å²) in [6, 6.07) is 7.57. The van der Waals surface area contributed by atoms with Gasteiger partial charge in [0.15, 0.2) is 5.96 Å². The van der Waals surface area contributed by atoms with Crippen molar-refractivity contribution in [1.82, 2.24) is 25.3 Å². The van der Waals surface area contributed by atoms with Gasteiger partial charge in [-0.05, 0) is 36.6 Å². The first-order chi connectivity index (χ1) is 12.5. The highest BCUT2D eigenvalue weighted by Crippen LogP contribution is 2.07. The lowest BCUT2D eigenvalue weighted by Gasteiger charge is -2.12. The van der Waals surface area contributed by atoms with Crippen LogP contribution in [-0.2, 0) is 20.0 Å². The first-order valence-corrected chi connectivity index (χ1v) is 8.80. The largest absolute Gasteiger partial charge is 0.357 e. The van der Waals surface area contributed by atoms with Crippen LogP contribution in [0.3, 0.4) is 0 Å². The summed E-state index contributed by atoms with van der Waals surface area (Å²) >= 11 is 0. The lowest BCUT2D eigenvalue weighted by atomic mass is 10.1. The van der Waals surface area contributed by atoms with Crippen molar-refractivity contribution in [3.8, 4) is 0 Å². The third-order valence-corrected chi connectivity index (χ3v) is 3.84. The Kier molecular flexibility index (Phi) is 9.84. The normalized spacial score (nSPS) is 10.9. The number of hydrogen-bond donors (Lipinski definition) is 2. The first kappa shape index (κ1) is 22.9. The summed E-state index contributed by atoms with van der Waals surface area (Å²) in [6.45, 7) is 4.18. The topological polar surface area (TPSA) is 74.6 Å². The zero-order valence-corrected chi connectivity index (χ0v) is 18.7. The minimum Gasteiger partial charge on any atom is -0.357 e. The van der Waals surface area contributed by atoms with Gasteiger partial charge in [0.25, 0.3) is 5.91 Å². The molecule has 2 aromatic rings. The molecule has 2 N–H and O–H groups in total. The van der Waals surface area contributed by atoms with Crippen LogP contribution >= 0.6 is 24.0 Å². The lowest BCUT2D eigenvalue weighted by molar-refractivity contribution is 0.0827. The molecule has 1 heterocycles. The van der Waals surface area contributed by atoms with Gasteiger partial charge in [0.1, 0.15) is 0 Å². The Morgan fingerprint density at radius 3 is 2.44 bits per heavy atom. The Balaban J connectivity index is 0.00000364. The van der Waals surface area contributed by atoms with E-state index in [2.05, 4.69) is 20.7 Å². The van der Waals surface area contributed by atoms with E-state index < -0.39 is 0 Å². The third kappa shape index (κ3) is 7.58. The zero-order valence-electron chi connectivity index (χ0n) is 16.4. The Labute approximate surface area is 178 Å². The monoisotopic (exact) mass is 484 g/mol. The average molecular weight is 484 g/mol. The Hall–Kier alpha value is -2.10. The fraction of sp³-hybridized carbons (Fsp3) is 0.421. The number of benzene rings is 1. The fourth-order valence-corrected chi connectivity index (χ4v) is 2.45. The molecule has 0 aliphatic rings. The lowest BCUT2D eigenvalue weighted by Crippen LogP contribution is -2.38. The van der Waals surface area contributed by atoms with E-state index in [4.69, 9.17) is 0 Å². The second-order valence-electron chi connectivity index (χ2n) is 6.29. The molecule has 0 atom stereocenters. The molecule has 2 rings (SSSR count). The molecule has 0 saturated heterocycles. The highest BCUT2D eigenvalue weighted by Gasteiger charge is 2.07. The summed E-state index contributed by atoms with van der Waals surface area (Å²) < 4.78 is 1.80. The number of aliphatic imine (C=N–C) groups is 1. The van der Waals surface area contributed by atoms with Crippen molar-refractivity contribution in [3.63, 3.8) is 0 Å². The molecule has 1 aromatic heterocycles. The van der Waals surface area contributed by atoms with Crippen molar-refractivity contribution in [2.45, 2.75) is 19.9 Å². The molecule has 27 heavy (non-hydrogen) atoms.